The van der Waals surface area contributed by atoms with Gasteiger partial charge < -0.3 is 0 Å². The quantitative estimate of drug-likeness (QED) is 0.825. The van der Waals surface area contributed by atoms with Crippen molar-refractivity contribution >= 4 is 11.9 Å². The number of H-pyrrole nitrogens is 1. The van der Waals surface area contributed by atoms with E-state index >= 15 is 0 Å². The molecule has 2 rings (SSSR count). The van der Waals surface area contributed by atoms with Crippen molar-refractivity contribution in [2.75, 3.05) is 5.32 Å². The zero-order chi connectivity index (χ0) is 14.0. The van der Waals surface area contributed by atoms with Crippen LogP contribution >= 0.6 is 0 Å². The molecular weight excluding hydrogens is 268 g/mol. The number of benzene rings is 1. The van der Waals surface area contributed by atoms with E-state index in [0.717, 1.165) is 12.4 Å². The van der Waals surface area contributed by atoms with Gasteiger partial charge in [0.1, 0.15) is 12.1 Å². The number of hydrogen-bond acceptors (Lipinski definition) is 3. The van der Waals surface area contributed by atoms with E-state index in [1.165, 1.54) is 0 Å². The third-order valence-corrected chi connectivity index (χ3v) is 2.18. The molecule has 100 valence electrons. The first-order valence-electron chi connectivity index (χ1n) is 4.91. The van der Waals surface area contributed by atoms with Gasteiger partial charge in [-0.2, -0.15) is 23.3 Å². The summed E-state index contributed by atoms with van der Waals surface area (Å²) in [6.07, 6.45) is -3.76. The number of hydrogen-bond donors (Lipinski definition) is 2. The van der Waals surface area contributed by atoms with Gasteiger partial charge in [0.15, 0.2) is 0 Å². The number of halogens is 4. The number of carbonyl (C=O) groups excluding carboxylic acids is 1. The summed E-state index contributed by atoms with van der Waals surface area (Å²) in [5, 5.41) is 7.93. The van der Waals surface area contributed by atoms with Crippen molar-refractivity contribution in [2.24, 2.45) is 0 Å². The Hall–Kier alpha value is -2.45. The van der Waals surface area contributed by atoms with Gasteiger partial charge in [-0.05, 0) is 18.2 Å². The molecule has 0 aliphatic carbocycles. The summed E-state index contributed by atoms with van der Waals surface area (Å²) in [6, 6.07) is 1.95. The zero-order valence-corrected chi connectivity index (χ0v) is 9.12. The van der Waals surface area contributed by atoms with E-state index in [0.29, 0.717) is 12.1 Å². The molecule has 0 radical (unpaired) electrons. The minimum atomic E-state index is -4.87. The number of aromatic nitrogens is 3. The molecule has 1 aromatic carbocycles. The molecule has 0 bridgehead atoms. The Morgan fingerprint density at radius 3 is 2.63 bits per heavy atom. The Labute approximate surface area is 103 Å². The third-order valence-electron chi connectivity index (χ3n) is 2.18. The van der Waals surface area contributed by atoms with E-state index < -0.39 is 23.5 Å². The summed E-state index contributed by atoms with van der Waals surface area (Å²) in [5.74, 6) is -2.33. The normalized spacial score (nSPS) is 11.4. The fraction of sp³-hybridized carbons (Fsp3) is 0.100. The number of rotatable bonds is 2. The van der Waals surface area contributed by atoms with E-state index in [4.69, 9.17) is 0 Å². The molecule has 5 nitrogen and oxygen atoms in total. The first-order valence-corrected chi connectivity index (χ1v) is 4.91. The number of amides is 1. The maximum Gasteiger partial charge on any atom is 0.419 e. The monoisotopic (exact) mass is 274 g/mol. The number of nitrogens with one attached hydrogen (secondary N) is 2. The largest absolute Gasteiger partial charge is 0.419 e. The van der Waals surface area contributed by atoms with Crippen molar-refractivity contribution in [1.29, 1.82) is 0 Å². The highest BCUT2D eigenvalue weighted by Crippen LogP contribution is 2.31. The van der Waals surface area contributed by atoms with Gasteiger partial charge in [0, 0.05) is 5.56 Å². The molecule has 0 atom stereocenters. The van der Waals surface area contributed by atoms with Gasteiger partial charge in [-0.15, -0.1) is 0 Å². The molecule has 0 aliphatic heterocycles. The Balaban J connectivity index is 2.28. The van der Waals surface area contributed by atoms with Crippen molar-refractivity contribution < 1.29 is 22.4 Å². The minimum absolute atomic E-state index is 0.0251. The van der Waals surface area contributed by atoms with Gasteiger partial charge in [0.25, 0.3) is 5.91 Å². The predicted octanol–water partition coefficient (Wildman–Crippen LogP) is 2.21. The minimum Gasteiger partial charge on any atom is -0.291 e. The third kappa shape index (κ3) is 2.87. The van der Waals surface area contributed by atoms with Crippen molar-refractivity contribution in [1.82, 2.24) is 15.2 Å². The molecule has 0 saturated heterocycles. The van der Waals surface area contributed by atoms with Crippen molar-refractivity contribution in [2.45, 2.75) is 6.18 Å². The van der Waals surface area contributed by atoms with Gasteiger partial charge in [-0.25, -0.2) is 9.49 Å². The Kier molecular flexibility index (Phi) is 3.19. The number of aromatic amines is 1. The second-order valence-electron chi connectivity index (χ2n) is 3.48. The van der Waals surface area contributed by atoms with Crippen molar-refractivity contribution in [3.8, 4) is 0 Å². The Morgan fingerprint density at radius 1 is 1.32 bits per heavy atom. The summed E-state index contributed by atoms with van der Waals surface area (Å²) >= 11 is 0. The van der Waals surface area contributed by atoms with Crippen LogP contribution in [0.15, 0.2) is 24.5 Å². The molecule has 9 heteroatoms. The van der Waals surface area contributed by atoms with Crippen molar-refractivity contribution in [3.63, 3.8) is 0 Å². The molecule has 1 aromatic heterocycles. The van der Waals surface area contributed by atoms with Gasteiger partial charge >= 0.3 is 6.18 Å². The second-order valence-corrected chi connectivity index (χ2v) is 3.48. The molecule has 2 N–H and O–H groups in total. The van der Waals surface area contributed by atoms with E-state index in [1.807, 2.05) is 0 Å². The van der Waals surface area contributed by atoms with Crippen LogP contribution in [0.4, 0.5) is 23.5 Å². The summed E-state index contributed by atoms with van der Waals surface area (Å²) < 4.78 is 50.4. The number of carbonyl (C=O) groups is 1. The van der Waals surface area contributed by atoms with Crippen LogP contribution < -0.4 is 5.32 Å². The average molecular weight is 274 g/mol. The highest BCUT2D eigenvalue weighted by Gasteiger charge is 2.34. The number of alkyl halides is 3. The van der Waals surface area contributed by atoms with E-state index in [-0.39, 0.29) is 11.5 Å². The van der Waals surface area contributed by atoms with E-state index in [2.05, 4.69) is 20.5 Å². The van der Waals surface area contributed by atoms with E-state index in [9.17, 15) is 22.4 Å². The Bertz CT molecular complexity index is 594. The summed E-state index contributed by atoms with van der Waals surface area (Å²) in [4.78, 5) is 15.2. The lowest BCUT2D eigenvalue weighted by molar-refractivity contribution is -0.140. The van der Waals surface area contributed by atoms with Crippen LogP contribution in [0.25, 0.3) is 0 Å². The topological polar surface area (TPSA) is 70.7 Å². The molecule has 1 heterocycles. The highest BCUT2D eigenvalue weighted by atomic mass is 19.4. The molecule has 2 aromatic rings. The van der Waals surface area contributed by atoms with Crippen LogP contribution in [0.3, 0.4) is 0 Å². The van der Waals surface area contributed by atoms with Crippen LogP contribution in [0.1, 0.15) is 15.9 Å². The molecule has 0 saturated carbocycles. The first-order chi connectivity index (χ1) is 8.88. The summed E-state index contributed by atoms with van der Waals surface area (Å²) in [5.41, 5.74) is -1.84. The lowest BCUT2D eigenvalue weighted by atomic mass is 10.1. The lowest BCUT2D eigenvalue weighted by Gasteiger charge is -2.09. The van der Waals surface area contributed by atoms with Gasteiger partial charge in [0.2, 0.25) is 5.95 Å². The predicted molar refractivity (Wildman–Crippen MR) is 55.7 cm³/mol. The van der Waals surface area contributed by atoms with Crippen molar-refractivity contribution in [3.05, 3.63) is 41.5 Å². The average Bonchev–Trinajstić information content (AvgIpc) is 2.80. The highest BCUT2D eigenvalue weighted by molar-refractivity contribution is 6.03. The van der Waals surface area contributed by atoms with Crippen LogP contribution in [-0.4, -0.2) is 21.1 Å². The van der Waals surface area contributed by atoms with E-state index in [1.54, 1.807) is 0 Å². The molecule has 0 spiro atoms. The first kappa shape index (κ1) is 13.0. The standard InChI is InChI=1S/C10H6F4N4O/c11-7-2-1-5(3-6(7)10(12,13)14)8(19)17-9-15-4-16-18-9/h1-4H,(H2,15,16,17,18,19). The molecule has 0 unspecified atom stereocenters. The smallest absolute Gasteiger partial charge is 0.291 e. The fourth-order valence-corrected chi connectivity index (χ4v) is 1.33. The SMILES string of the molecule is O=C(Nc1ncn[nH]1)c1ccc(F)c(C(F)(F)F)c1. The van der Waals surface area contributed by atoms with Crippen LogP contribution in [0.2, 0.25) is 0 Å². The maximum atomic E-state index is 13.0. The van der Waals surface area contributed by atoms with Gasteiger partial charge in [-0.1, -0.05) is 0 Å². The molecule has 0 fully saturated rings. The summed E-state index contributed by atoms with van der Waals surface area (Å²) in [6.45, 7) is 0. The Morgan fingerprint density at radius 2 is 2.05 bits per heavy atom. The van der Waals surface area contributed by atoms with Crippen LogP contribution in [0.5, 0.6) is 0 Å². The fourth-order valence-electron chi connectivity index (χ4n) is 1.33. The molecule has 1 amide bonds. The molecule has 19 heavy (non-hydrogen) atoms. The number of anilines is 1. The zero-order valence-electron chi connectivity index (χ0n) is 9.12. The van der Waals surface area contributed by atoms with Gasteiger partial charge in [0.05, 0.1) is 5.56 Å². The number of nitrogens with zero attached hydrogens (tertiary/aromatic N) is 2. The van der Waals surface area contributed by atoms with Crippen LogP contribution in [-0.2, 0) is 6.18 Å². The van der Waals surface area contributed by atoms with Gasteiger partial charge in [-0.3, -0.25) is 10.1 Å². The lowest BCUT2D eigenvalue weighted by Crippen LogP contribution is -2.16. The second kappa shape index (κ2) is 4.67. The maximum absolute atomic E-state index is 13.0. The molecule has 0 aliphatic rings. The summed E-state index contributed by atoms with van der Waals surface area (Å²) in [7, 11) is 0. The molecular formula is C10H6F4N4O. The van der Waals surface area contributed by atoms with Crippen LogP contribution in [0, 0.1) is 5.82 Å².